The minimum absolute atomic E-state index is 0.00768. The molecule has 10 heteroatoms. The zero-order valence-electron chi connectivity index (χ0n) is 16.5. The fraction of sp³-hybridized carbons (Fsp3) is 0.250. The lowest BCUT2D eigenvalue weighted by molar-refractivity contribution is -0.116. The summed E-state index contributed by atoms with van der Waals surface area (Å²) in [6.45, 7) is 0. The maximum absolute atomic E-state index is 12.3. The molecule has 0 unspecified atom stereocenters. The van der Waals surface area contributed by atoms with Crippen LogP contribution >= 0.6 is 0 Å². The van der Waals surface area contributed by atoms with Gasteiger partial charge in [-0.05, 0) is 36.8 Å². The predicted molar refractivity (Wildman–Crippen MR) is 109 cm³/mol. The third kappa shape index (κ3) is 5.15. The monoisotopic (exact) mass is 431 g/mol. The Kier molecular flexibility index (Phi) is 6.68. The zero-order valence-corrected chi connectivity index (χ0v) is 17.3. The van der Waals surface area contributed by atoms with Gasteiger partial charge in [-0.2, -0.15) is 0 Å². The first-order valence-corrected chi connectivity index (χ1v) is 10.7. The number of anilines is 1. The van der Waals surface area contributed by atoms with Crippen LogP contribution in [0.25, 0.3) is 11.5 Å². The molecule has 158 valence electrons. The summed E-state index contributed by atoms with van der Waals surface area (Å²) in [7, 11) is -0.394. The number of carbonyl (C=O) groups is 1. The lowest BCUT2D eigenvalue weighted by atomic mass is 10.2. The molecule has 2 aromatic carbocycles. The zero-order chi connectivity index (χ0) is 21.6. The average molecular weight is 431 g/mol. The van der Waals surface area contributed by atoms with Gasteiger partial charge >= 0.3 is 6.01 Å². The van der Waals surface area contributed by atoms with Gasteiger partial charge in [0.05, 0.1) is 30.4 Å². The van der Waals surface area contributed by atoms with Crippen molar-refractivity contribution < 1.29 is 27.1 Å². The summed E-state index contributed by atoms with van der Waals surface area (Å²) in [5.74, 6) is 0.664. The fourth-order valence-electron chi connectivity index (χ4n) is 2.71. The number of methoxy groups -OCH3 is 2. The molecule has 0 radical (unpaired) electrons. The Hall–Kier alpha value is -3.40. The van der Waals surface area contributed by atoms with Crippen molar-refractivity contribution in [3.05, 3.63) is 48.5 Å². The van der Waals surface area contributed by atoms with Crippen LogP contribution in [0, 0.1) is 0 Å². The van der Waals surface area contributed by atoms with Gasteiger partial charge in [-0.3, -0.25) is 10.1 Å². The minimum atomic E-state index is -3.43. The van der Waals surface area contributed by atoms with Crippen molar-refractivity contribution in [2.45, 2.75) is 17.7 Å². The van der Waals surface area contributed by atoms with Crippen LogP contribution < -0.4 is 14.8 Å². The summed E-state index contributed by atoms with van der Waals surface area (Å²) in [6, 6.07) is 13.1. The highest BCUT2D eigenvalue weighted by molar-refractivity contribution is 7.91. The Labute approximate surface area is 174 Å². The van der Waals surface area contributed by atoms with Crippen LogP contribution in [0.1, 0.15) is 12.8 Å². The molecule has 1 N–H and O–H groups in total. The van der Waals surface area contributed by atoms with Crippen molar-refractivity contribution >= 4 is 21.8 Å². The van der Waals surface area contributed by atoms with Crippen LogP contribution in [0.5, 0.6) is 11.5 Å². The molecule has 0 fully saturated rings. The second-order valence-corrected chi connectivity index (χ2v) is 8.37. The van der Waals surface area contributed by atoms with E-state index in [1.807, 2.05) is 0 Å². The number of hydrogen-bond donors (Lipinski definition) is 1. The first kappa shape index (κ1) is 21.3. The van der Waals surface area contributed by atoms with Gasteiger partial charge in [0.25, 0.3) is 5.89 Å². The van der Waals surface area contributed by atoms with E-state index in [-0.39, 0.29) is 35.4 Å². The second-order valence-electron chi connectivity index (χ2n) is 6.26. The van der Waals surface area contributed by atoms with Gasteiger partial charge in [0.15, 0.2) is 9.84 Å². The summed E-state index contributed by atoms with van der Waals surface area (Å²) in [4.78, 5) is 12.4. The molecule has 0 saturated carbocycles. The maximum Gasteiger partial charge on any atom is 0.322 e. The molecule has 0 atom stereocenters. The lowest BCUT2D eigenvalue weighted by Crippen LogP contribution is -2.14. The molecule has 1 heterocycles. The molecule has 0 aliphatic rings. The van der Waals surface area contributed by atoms with Gasteiger partial charge in [0, 0.05) is 6.42 Å². The topological polar surface area (TPSA) is 121 Å². The second kappa shape index (κ2) is 9.40. The molecular weight excluding hydrogens is 410 g/mol. The van der Waals surface area contributed by atoms with Gasteiger partial charge in [0.2, 0.25) is 5.91 Å². The number of aromatic nitrogens is 2. The van der Waals surface area contributed by atoms with E-state index >= 15 is 0 Å². The van der Waals surface area contributed by atoms with Crippen LogP contribution in [0.2, 0.25) is 0 Å². The number of nitrogens with one attached hydrogen (secondary N) is 1. The Morgan fingerprint density at radius 2 is 1.83 bits per heavy atom. The molecule has 1 amide bonds. The predicted octanol–water partition coefficient (Wildman–Crippen LogP) is 2.95. The molecule has 0 saturated heterocycles. The highest BCUT2D eigenvalue weighted by Crippen LogP contribution is 2.33. The van der Waals surface area contributed by atoms with Gasteiger partial charge in [0.1, 0.15) is 11.5 Å². The maximum atomic E-state index is 12.3. The molecule has 3 aromatic rings. The largest absolute Gasteiger partial charge is 0.497 e. The highest BCUT2D eigenvalue weighted by atomic mass is 32.2. The number of sulfone groups is 1. The van der Waals surface area contributed by atoms with E-state index in [0.29, 0.717) is 17.1 Å². The Morgan fingerprint density at radius 3 is 2.53 bits per heavy atom. The minimum Gasteiger partial charge on any atom is -0.497 e. The number of ether oxygens (including phenoxy) is 2. The van der Waals surface area contributed by atoms with Crippen LogP contribution in [-0.4, -0.2) is 44.5 Å². The van der Waals surface area contributed by atoms with E-state index < -0.39 is 15.7 Å². The molecule has 3 rings (SSSR count). The van der Waals surface area contributed by atoms with E-state index in [9.17, 15) is 13.2 Å². The van der Waals surface area contributed by atoms with Crippen molar-refractivity contribution in [3.8, 4) is 23.0 Å². The third-order valence-electron chi connectivity index (χ3n) is 4.23. The lowest BCUT2D eigenvalue weighted by Gasteiger charge is -2.07. The average Bonchev–Trinajstić information content (AvgIpc) is 3.22. The standard InChI is InChI=1S/C20H21N3O6S/c1-27-14-10-11-17(28-2)16(13-14)19-22-23-20(29-19)21-18(24)9-6-12-30(25,26)15-7-4-3-5-8-15/h3-5,7-8,10-11,13H,6,9,12H2,1-2H3,(H,21,23,24). The number of hydrogen-bond acceptors (Lipinski definition) is 8. The van der Waals surface area contributed by atoms with Crippen molar-refractivity contribution in [1.29, 1.82) is 0 Å². The number of rotatable bonds is 9. The Morgan fingerprint density at radius 1 is 1.07 bits per heavy atom. The van der Waals surface area contributed by atoms with Gasteiger partial charge in [-0.1, -0.05) is 23.3 Å². The first-order valence-electron chi connectivity index (χ1n) is 9.06. The third-order valence-corrected chi connectivity index (χ3v) is 6.04. The van der Waals surface area contributed by atoms with Gasteiger partial charge in [-0.15, -0.1) is 5.10 Å². The highest BCUT2D eigenvalue weighted by Gasteiger charge is 2.18. The van der Waals surface area contributed by atoms with Crippen molar-refractivity contribution in [2.24, 2.45) is 0 Å². The molecule has 0 aliphatic carbocycles. The van der Waals surface area contributed by atoms with E-state index in [0.717, 1.165) is 0 Å². The molecule has 9 nitrogen and oxygen atoms in total. The quantitative estimate of drug-likeness (QED) is 0.549. The van der Waals surface area contributed by atoms with Gasteiger partial charge in [-0.25, -0.2) is 8.42 Å². The SMILES string of the molecule is COc1ccc(OC)c(-c2nnc(NC(=O)CCCS(=O)(=O)c3ccccc3)o2)c1. The fourth-order valence-corrected chi connectivity index (χ4v) is 4.05. The van der Waals surface area contributed by atoms with Crippen molar-refractivity contribution in [2.75, 3.05) is 25.3 Å². The van der Waals surface area contributed by atoms with E-state index in [1.54, 1.807) is 36.4 Å². The number of benzene rings is 2. The number of carbonyl (C=O) groups excluding carboxylic acids is 1. The smallest absolute Gasteiger partial charge is 0.322 e. The number of nitrogens with zero attached hydrogens (tertiary/aromatic N) is 2. The summed E-state index contributed by atoms with van der Waals surface area (Å²) in [5, 5.41) is 10.2. The van der Waals surface area contributed by atoms with Gasteiger partial charge < -0.3 is 13.9 Å². The summed E-state index contributed by atoms with van der Waals surface area (Å²) < 4.78 is 40.5. The Balaban J connectivity index is 1.59. The van der Waals surface area contributed by atoms with Crippen LogP contribution in [0.4, 0.5) is 6.01 Å². The molecule has 0 spiro atoms. The normalized spacial score (nSPS) is 11.1. The summed E-state index contributed by atoms with van der Waals surface area (Å²) in [5.41, 5.74) is 0.513. The molecular formula is C20H21N3O6S. The summed E-state index contributed by atoms with van der Waals surface area (Å²) in [6.07, 6.45) is 0.153. The number of amides is 1. The molecule has 0 aliphatic heterocycles. The van der Waals surface area contributed by atoms with E-state index in [2.05, 4.69) is 15.5 Å². The first-order chi connectivity index (χ1) is 14.4. The van der Waals surface area contributed by atoms with E-state index in [4.69, 9.17) is 13.9 Å². The van der Waals surface area contributed by atoms with Crippen LogP contribution in [-0.2, 0) is 14.6 Å². The summed E-state index contributed by atoms with van der Waals surface area (Å²) >= 11 is 0. The van der Waals surface area contributed by atoms with Crippen LogP contribution in [0.15, 0.2) is 57.8 Å². The molecule has 0 bridgehead atoms. The Bertz CT molecular complexity index is 1110. The molecule has 30 heavy (non-hydrogen) atoms. The molecule has 1 aromatic heterocycles. The van der Waals surface area contributed by atoms with Crippen molar-refractivity contribution in [3.63, 3.8) is 0 Å². The van der Waals surface area contributed by atoms with E-state index in [1.165, 1.54) is 26.4 Å². The van der Waals surface area contributed by atoms with Crippen LogP contribution in [0.3, 0.4) is 0 Å². The van der Waals surface area contributed by atoms with Crippen molar-refractivity contribution in [1.82, 2.24) is 10.2 Å².